The van der Waals surface area contributed by atoms with Gasteiger partial charge in [-0.1, -0.05) is 12.1 Å². The minimum Gasteiger partial charge on any atom is -0.480 e. The average Bonchev–Trinajstić information content (AvgIpc) is 2.72. The Morgan fingerprint density at radius 3 is 2.81 bits per heavy atom. The van der Waals surface area contributed by atoms with Crippen molar-refractivity contribution in [1.29, 1.82) is 0 Å². The molecule has 0 spiro atoms. The third kappa shape index (κ3) is 1.77. The van der Waals surface area contributed by atoms with Gasteiger partial charge in [0.2, 0.25) is 5.88 Å². The van der Waals surface area contributed by atoms with Crippen molar-refractivity contribution in [1.82, 2.24) is 9.78 Å². The smallest absolute Gasteiger partial charge is 0.233 e. The maximum absolute atomic E-state index is 13.6. The molecule has 4 nitrogen and oxygen atoms in total. The number of hydrogen-bond acceptors (Lipinski definition) is 3. The lowest BCUT2D eigenvalue weighted by molar-refractivity contribution is 0.393. The maximum Gasteiger partial charge on any atom is 0.233 e. The summed E-state index contributed by atoms with van der Waals surface area (Å²) >= 11 is 0. The van der Waals surface area contributed by atoms with Crippen LogP contribution in [-0.2, 0) is 6.54 Å². The SMILES string of the molecule is COc1cc(CN)n(-c2ccccc2F)n1. The molecule has 0 aliphatic carbocycles. The number of para-hydroxylation sites is 1. The van der Waals surface area contributed by atoms with Gasteiger partial charge >= 0.3 is 0 Å². The Balaban J connectivity index is 2.54. The van der Waals surface area contributed by atoms with Gasteiger partial charge in [0.1, 0.15) is 11.5 Å². The van der Waals surface area contributed by atoms with Crippen LogP contribution in [0.3, 0.4) is 0 Å². The first kappa shape index (κ1) is 10.6. The minimum absolute atomic E-state index is 0.269. The predicted octanol–water partition coefficient (Wildman–Crippen LogP) is 1.48. The van der Waals surface area contributed by atoms with E-state index in [0.29, 0.717) is 17.3 Å². The normalized spacial score (nSPS) is 10.4. The van der Waals surface area contributed by atoms with Crippen LogP contribution in [0.5, 0.6) is 5.88 Å². The van der Waals surface area contributed by atoms with Crippen LogP contribution in [0, 0.1) is 5.82 Å². The van der Waals surface area contributed by atoms with E-state index in [0.717, 1.165) is 0 Å². The molecule has 0 saturated heterocycles. The van der Waals surface area contributed by atoms with Gasteiger partial charge in [-0.2, -0.15) is 0 Å². The number of hydrogen-bond donors (Lipinski definition) is 1. The van der Waals surface area contributed by atoms with Crippen molar-refractivity contribution in [2.45, 2.75) is 6.54 Å². The summed E-state index contributed by atoms with van der Waals surface area (Å²) in [5.74, 6) is 0.0756. The molecule has 2 rings (SSSR count). The van der Waals surface area contributed by atoms with Crippen molar-refractivity contribution in [3.05, 3.63) is 41.8 Å². The van der Waals surface area contributed by atoms with E-state index in [1.165, 1.54) is 17.9 Å². The molecule has 5 heteroatoms. The molecule has 0 unspecified atom stereocenters. The number of halogens is 1. The van der Waals surface area contributed by atoms with Gasteiger partial charge in [0.05, 0.1) is 12.8 Å². The van der Waals surface area contributed by atoms with Crippen LogP contribution in [0.4, 0.5) is 4.39 Å². The van der Waals surface area contributed by atoms with Gasteiger partial charge in [-0.3, -0.25) is 0 Å². The monoisotopic (exact) mass is 221 g/mol. The molecule has 1 aromatic heterocycles. The molecule has 1 aromatic carbocycles. The Labute approximate surface area is 92.4 Å². The van der Waals surface area contributed by atoms with Crippen molar-refractivity contribution in [3.63, 3.8) is 0 Å². The van der Waals surface area contributed by atoms with Crippen molar-refractivity contribution in [2.75, 3.05) is 7.11 Å². The van der Waals surface area contributed by atoms with Gasteiger partial charge in [-0.05, 0) is 12.1 Å². The molecule has 0 atom stereocenters. The van der Waals surface area contributed by atoms with Gasteiger partial charge in [-0.25, -0.2) is 9.07 Å². The lowest BCUT2D eigenvalue weighted by Gasteiger charge is -2.05. The topological polar surface area (TPSA) is 53.1 Å². The number of rotatable bonds is 3. The van der Waals surface area contributed by atoms with Crippen molar-refractivity contribution in [3.8, 4) is 11.6 Å². The summed E-state index contributed by atoms with van der Waals surface area (Å²) < 4.78 is 20.0. The third-order valence-electron chi connectivity index (χ3n) is 2.26. The van der Waals surface area contributed by atoms with Gasteiger partial charge in [0.15, 0.2) is 0 Å². The Kier molecular flexibility index (Phi) is 2.87. The number of methoxy groups -OCH3 is 1. The first-order valence-electron chi connectivity index (χ1n) is 4.84. The number of ether oxygens (including phenoxy) is 1. The van der Waals surface area contributed by atoms with Crippen LogP contribution < -0.4 is 10.5 Å². The molecule has 16 heavy (non-hydrogen) atoms. The molecule has 1 heterocycles. The molecule has 84 valence electrons. The zero-order valence-electron chi connectivity index (χ0n) is 8.85. The zero-order valence-corrected chi connectivity index (χ0v) is 8.85. The van der Waals surface area contributed by atoms with E-state index in [4.69, 9.17) is 10.5 Å². The van der Waals surface area contributed by atoms with Crippen LogP contribution >= 0.6 is 0 Å². The molecule has 0 aliphatic heterocycles. The van der Waals surface area contributed by atoms with E-state index in [1.807, 2.05) is 0 Å². The minimum atomic E-state index is -0.344. The molecule has 0 radical (unpaired) electrons. The Bertz CT molecular complexity index is 496. The second-order valence-electron chi connectivity index (χ2n) is 3.25. The lowest BCUT2D eigenvalue weighted by Crippen LogP contribution is -2.08. The summed E-state index contributed by atoms with van der Waals surface area (Å²) in [4.78, 5) is 0. The molecule has 2 N–H and O–H groups in total. The Hall–Kier alpha value is -1.88. The summed E-state index contributed by atoms with van der Waals surface area (Å²) in [6, 6.07) is 8.08. The third-order valence-corrected chi connectivity index (χ3v) is 2.26. The van der Waals surface area contributed by atoms with E-state index in [1.54, 1.807) is 24.3 Å². The van der Waals surface area contributed by atoms with Gasteiger partial charge in [-0.15, -0.1) is 5.10 Å². The molecular weight excluding hydrogens is 209 g/mol. The molecule has 0 fully saturated rings. The number of benzene rings is 1. The predicted molar refractivity (Wildman–Crippen MR) is 58.0 cm³/mol. The second-order valence-corrected chi connectivity index (χ2v) is 3.25. The highest BCUT2D eigenvalue weighted by Crippen LogP contribution is 2.18. The molecule has 0 aliphatic rings. The van der Waals surface area contributed by atoms with Crippen LogP contribution in [0.25, 0.3) is 5.69 Å². The Morgan fingerprint density at radius 1 is 1.44 bits per heavy atom. The van der Waals surface area contributed by atoms with E-state index in [2.05, 4.69) is 5.10 Å². The summed E-state index contributed by atoms with van der Waals surface area (Å²) in [5, 5.41) is 4.11. The fourth-order valence-electron chi connectivity index (χ4n) is 1.47. The standard InChI is InChI=1S/C11H12FN3O/c1-16-11-6-8(7-13)15(14-11)10-5-3-2-4-9(10)12/h2-6H,7,13H2,1H3. The van der Waals surface area contributed by atoms with Gasteiger partial charge in [0, 0.05) is 12.6 Å². The summed E-state index contributed by atoms with van der Waals surface area (Å²) in [6.45, 7) is 0.269. The fourth-order valence-corrected chi connectivity index (χ4v) is 1.47. The van der Waals surface area contributed by atoms with E-state index < -0.39 is 0 Å². The zero-order chi connectivity index (χ0) is 11.5. The van der Waals surface area contributed by atoms with Gasteiger partial charge < -0.3 is 10.5 Å². The average molecular weight is 221 g/mol. The number of nitrogens with zero attached hydrogens (tertiary/aromatic N) is 2. The largest absolute Gasteiger partial charge is 0.480 e. The molecule has 0 saturated carbocycles. The first-order chi connectivity index (χ1) is 7.76. The quantitative estimate of drug-likeness (QED) is 0.854. The van der Waals surface area contributed by atoms with Crippen molar-refractivity contribution in [2.24, 2.45) is 5.73 Å². The number of nitrogens with two attached hydrogens (primary N) is 1. The van der Waals surface area contributed by atoms with Crippen LogP contribution in [0.1, 0.15) is 5.69 Å². The van der Waals surface area contributed by atoms with Crippen LogP contribution in [0.2, 0.25) is 0 Å². The van der Waals surface area contributed by atoms with Crippen LogP contribution in [-0.4, -0.2) is 16.9 Å². The summed E-state index contributed by atoms with van der Waals surface area (Å²) in [5.41, 5.74) is 6.63. The molecule has 2 aromatic rings. The van der Waals surface area contributed by atoms with E-state index in [9.17, 15) is 4.39 Å². The highest BCUT2D eigenvalue weighted by atomic mass is 19.1. The van der Waals surface area contributed by atoms with E-state index >= 15 is 0 Å². The first-order valence-corrected chi connectivity index (χ1v) is 4.84. The molecule has 0 amide bonds. The van der Waals surface area contributed by atoms with Gasteiger partial charge in [0.25, 0.3) is 0 Å². The maximum atomic E-state index is 13.6. The number of aromatic nitrogens is 2. The highest BCUT2D eigenvalue weighted by molar-refractivity contribution is 5.36. The van der Waals surface area contributed by atoms with Crippen molar-refractivity contribution < 1.29 is 9.13 Å². The second kappa shape index (κ2) is 4.32. The molecular formula is C11H12FN3O. The Morgan fingerprint density at radius 2 is 2.19 bits per heavy atom. The summed E-state index contributed by atoms with van der Waals surface area (Å²) in [7, 11) is 1.51. The molecule has 0 bridgehead atoms. The van der Waals surface area contributed by atoms with E-state index in [-0.39, 0.29) is 12.4 Å². The fraction of sp³-hybridized carbons (Fsp3) is 0.182. The van der Waals surface area contributed by atoms with Crippen LogP contribution in [0.15, 0.2) is 30.3 Å². The summed E-state index contributed by atoms with van der Waals surface area (Å²) in [6.07, 6.45) is 0. The highest BCUT2D eigenvalue weighted by Gasteiger charge is 2.11. The lowest BCUT2D eigenvalue weighted by atomic mass is 10.3. The van der Waals surface area contributed by atoms with Crippen molar-refractivity contribution >= 4 is 0 Å².